The third-order valence-corrected chi connectivity index (χ3v) is 10.1. The highest BCUT2D eigenvalue weighted by atomic mass is 32.2. The molecule has 0 aromatic rings. The lowest BCUT2D eigenvalue weighted by molar-refractivity contribution is -0.132. The Hall–Kier alpha value is -0.220. The van der Waals surface area contributed by atoms with Crippen LogP contribution in [0.4, 0.5) is 0 Å². The van der Waals surface area contributed by atoms with E-state index in [9.17, 15) is 4.79 Å². The Bertz CT molecular complexity index is 540. The van der Waals surface area contributed by atoms with Crippen LogP contribution in [0.5, 0.6) is 0 Å². The lowest BCUT2D eigenvalue weighted by Crippen LogP contribution is -2.41. The summed E-state index contributed by atoms with van der Waals surface area (Å²) in [5, 5.41) is 0.370. The second-order valence-electron chi connectivity index (χ2n) is 12.9. The van der Waals surface area contributed by atoms with E-state index in [2.05, 4.69) is 84.1 Å². The van der Waals surface area contributed by atoms with Gasteiger partial charge in [-0.2, -0.15) is 11.8 Å². The molecule has 37 heavy (non-hydrogen) atoms. The highest BCUT2D eigenvalue weighted by molar-refractivity contribution is 8.00. The van der Waals surface area contributed by atoms with Crippen LogP contribution in [-0.4, -0.2) is 60.4 Å². The molecule has 0 aromatic heterocycles. The number of carbonyl (C=O) groups is 1. The first kappa shape index (κ1) is 36.8. The van der Waals surface area contributed by atoms with Gasteiger partial charge in [-0.05, 0) is 63.3 Å². The number of carbonyl (C=O) groups excluding carboxylic acids is 1. The maximum absolute atomic E-state index is 13.6. The van der Waals surface area contributed by atoms with Gasteiger partial charge >= 0.3 is 0 Å². The van der Waals surface area contributed by atoms with E-state index < -0.39 is 0 Å². The van der Waals surface area contributed by atoms with E-state index in [1.165, 1.54) is 95.6 Å². The molecule has 0 fully saturated rings. The minimum Gasteiger partial charge on any atom is -0.342 e. The summed E-state index contributed by atoms with van der Waals surface area (Å²) in [5.41, 5.74) is 0.630. The molecule has 0 saturated carbocycles. The van der Waals surface area contributed by atoms with Crippen LogP contribution in [0.2, 0.25) is 0 Å². The molecule has 222 valence electrons. The van der Waals surface area contributed by atoms with Crippen LogP contribution in [-0.2, 0) is 4.79 Å². The molecule has 1 amide bonds. The van der Waals surface area contributed by atoms with Crippen molar-refractivity contribution in [3.8, 4) is 0 Å². The first-order chi connectivity index (χ1) is 17.6. The molecule has 0 radical (unpaired) electrons. The molecule has 0 aliphatic carbocycles. The van der Waals surface area contributed by atoms with E-state index in [0.717, 1.165) is 26.1 Å². The number of unbranched alkanes of at least 4 members (excludes halogenated alkanes) is 8. The van der Waals surface area contributed by atoms with Crippen molar-refractivity contribution >= 4 is 17.7 Å². The van der Waals surface area contributed by atoms with Crippen molar-refractivity contribution in [3.63, 3.8) is 0 Å². The van der Waals surface area contributed by atoms with Gasteiger partial charge in [0.2, 0.25) is 5.91 Å². The lowest BCUT2D eigenvalue weighted by atomic mass is 9.81. The van der Waals surface area contributed by atoms with Gasteiger partial charge in [0, 0.05) is 31.3 Å². The van der Waals surface area contributed by atoms with Crippen molar-refractivity contribution < 1.29 is 4.79 Å². The normalized spacial score (nSPS) is 14.6. The molecular formula is C33H68N2OS. The molecular weight excluding hydrogens is 472 g/mol. The maximum atomic E-state index is 13.6. The smallest absolute Gasteiger partial charge is 0.223 e. The lowest BCUT2D eigenvalue weighted by Gasteiger charge is -2.36. The summed E-state index contributed by atoms with van der Waals surface area (Å²) in [6.07, 6.45) is 20.3. The summed E-state index contributed by atoms with van der Waals surface area (Å²) < 4.78 is 0. The molecule has 2 unspecified atom stereocenters. The Balaban J connectivity index is 5.25. The van der Waals surface area contributed by atoms with Crippen LogP contribution in [0.3, 0.4) is 0 Å². The zero-order valence-electron chi connectivity index (χ0n) is 26.9. The zero-order chi connectivity index (χ0) is 28.2. The molecule has 0 saturated heterocycles. The highest BCUT2D eigenvalue weighted by Crippen LogP contribution is 2.37. The van der Waals surface area contributed by atoms with Gasteiger partial charge in [0.1, 0.15) is 0 Å². The molecule has 2 atom stereocenters. The van der Waals surface area contributed by atoms with Crippen molar-refractivity contribution in [2.45, 2.75) is 156 Å². The second kappa shape index (κ2) is 21.6. The van der Waals surface area contributed by atoms with Gasteiger partial charge in [0.15, 0.2) is 0 Å². The van der Waals surface area contributed by atoms with Gasteiger partial charge in [0.25, 0.3) is 0 Å². The Morgan fingerprint density at radius 3 is 1.68 bits per heavy atom. The van der Waals surface area contributed by atoms with Gasteiger partial charge in [-0.25, -0.2) is 0 Å². The average molecular weight is 541 g/mol. The summed E-state index contributed by atoms with van der Waals surface area (Å²) in [4.78, 5) is 18.0. The summed E-state index contributed by atoms with van der Waals surface area (Å²) in [6.45, 7) is 19.0. The van der Waals surface area contributed by atoms with Crippen LogP contribution in [0.15, 0.2) is 0 Å². The van der Waals surface area contributed by atoms with E-state index in [0.29, 0.717) is 23.0 Å². The van der Waals surface area contributed by atoms with Crippen molar-refractivity contribution in [2.24, 2.45) is 10.8 Å². The zero-order valence-corrected chi connectivity index (χ0v) is 27.7. The van der Waals surface area contributed by atoms with E-state index in [1.54, 1.807) is 0 Å². The summed E-state index contributed by atoms with van der Waals surface area (Å²) in [7, 11) is 4.32. The third-order valence-electron chi connectivity index (χ3n) is 8.45. The number of hydrogen-bond donors (Lipinski definition) is 0. The van der Waals surface area contributed by atoms with Crippen LogP contribution in [0, 0.1) is 10.8 Å². The van der Waals surface area contributed by atoms with E-state index in [4.69, 9.17) is 0 Å². The fourth-order valence-corrected chi connectivity index (χ4v) is 7.05. The molecule has 0 bridgehead atoms. The number of hydrogen-bond acceptors (Lipinski definition) is 3. The molecule has 0 aliphatic rings. The molecule has 0 spiro atoms. The van der Waals surface area contributed by atoms with E-state index in [1.807, 2.05) is 0 Å². The molecule has 4 heteroatoms. The fourth-order valence-electron chi connectivity index (χ4n) is 5.46. The SMILES string of the molecule is CCCCCCC(C)(CCCCCC)CSC(CC(=O)N(CC)CC(C)(CC)CCCCC)CN(C)C. The van der Waals surface area contributed by atoms with Gasteiger partial charge in [0.05, 0.1) is 0 Å². The van der Waals surface area contributed by atoms with Gasteiger partial charge in [-0.3, -0.25) is 4.79 Å². The number of nitrogens with zero attached hydrogens (tertiary/aromatic N) is 2. The Morgan fingerprint density at radius 1 is 0.730 bits per heavy atom. The summed E-state index contributed by atoms with van der Waals surface area (Å²) in [5.74, 6) is 1.55. The predicted octanol–water partition coefficient (Wildman–Crippen LogP) is 9.83. The first-order valence-corrected chi connectivity index (χ1v) is 17.2. The van der Waals surface area contributed by atoms with Crippen molar-refractivity contribution in [1.29, 1.82) is 0 Å². The standard InChI is InChI=1S/C33H68N2OS/c1-10-15-18-21-24-33(7,25-22-19-16-11-2)29-37-30(27-34(8)9)26-31(36)35(14-5)28-32(6,13-4)23-20-17-12-3/h30H,10-29H2,1-9H3. The molecule has 0 aromatic carbocycles. The minimum absolute atomic E-state index is 0.237. The van der Waals surface area contributed by atoms with Crippen molar-refractivity contribution in [1.82, 2.24) is 9.80 Å². The van der Waals surface area contributed by atoms with Crippen LogP contribution in [0.25, 0.3) is 0 Å². The van der Waals surface area contributed by atoms with E-state index >= 15 is 0 Å². The van der Waals surface area contributed by atoms with Gasteiger partial charge in [-0.15, -0.1) is 0 Å². The highest BCUT2D eigenvalue weighted by Gasteiger charge is 2.30. The number of amides is 1. The van der Waals surface area contributed by atoms with Crippen molar-refractivity contribution in [3.05, 3.63) is 0 Å². The average Bonchev–Trinajstić information content (AvgIpc) is 2.86. The minimum atomic E-state index is 0.237. The Labute approximate surface area is 238 Å². The molecule has 0 N–H and O–H groups in total. The third kappa shape index (κ3) is 17.9. The topological polar surface area (TPSA) is 23.6 Å². The number of thioether (sulfide) groups is 1. The molecule has 0 heterocycles. The first-order valence-electron chi connectivity index (χ1n) is 16.1. The predicted molar refractivity (Wildman–Crippen MR) is 170 cm³/mol. The molecule has 3 nitrogen and oxygen atoms in total. The van der Waals surface area contributed by atoms with Gasteiger partial charge < -0.3 is 9.80 Å². The van der Waals surface area contributed by atoms with E-state index in [-0.39, 0.29) is 5.41 Å². The van der Waals surface area contributed by atoms with Crippen LogP contribution < -0.4 is 0 Å². The van der Waals surface area contributed by atoms with Crippen LogP contribution in [0.1, 0.15) is 151 Å². The van der Waals surface area contributed by atoms with Crippen LogP contribution >= 0.6 is 11.8 Å². The summed E-state index contributed by atoms with van der Waals surface area (Å²) >= 11 is 2.09. The second-order valence-corrected chi connectivity index (χ2v) is 14.1. The maximum Gasteiger partial charge on any atom is 0.223 e. The Kier molecular flexibility index (Phi) is 21.5. The quantitative estimate of drug-likeness (QED) is 0.108. The Morgan fingerprint density at radius 2 is 1.22 bits per heavy atom. The molecule has 0 aliphatic heterocycles. The number of rotatable bonds is 25. The molecule has 0 rings (SSSR count). The largest absolute Gasteiger partial charge is 0.342 e. The van der Waals surface area contributed by atoms with Gasteiger partial charge in [-0.1, -0.05) is 112 Å². The fraction of sp³-hybridized carbons (Fsp3) is 0.970. The summed E-state index contributed by atoms with van der Waals surface area (Å²) in [6, 6.07) is 0. The monoisotopic (exact) mass is 541 g/mol. The van der Waals surface area contributed by atoms with Crippen molar-refractivity contribution in [2.75, 3.05) is 39.5 Å².